The highest BCUT2D eigenvalue weighted by Crippen LogP contribution is 2.24. The molecule has 1 aromatic heterocycles. The van der Waals surface area contributed by atoms with Gasteiger partial charge in [0, 0.05) is 37.8 Å². The van der Waals surface area contributed by atoms with Crippen molar-refractivity contribution >= 4 is 34.2 Å². The lowest BCUT2D eigenvalue weighted by atomic mass is 10.1. The van der Waals surface area contributed by atoms with Gasteiger partial charge in [0.15, 0.2) is 0 Å². The predicted molar refractivity (Wildman–Crippen MR) is 142 cm³/mol. The van der Waals surface area contributed by atoms with Crippen LogP contribution < -0.4 is 25.7 Å². The predicted octanol–water partition coefficient (Wildman–Crippen LogP) is 4.35. The van der Waals surface area contributed by atoms with Crippen molar-refractivity contribution in [1.82, 2.24) is 14.9 Å². The highest BCUT2D eigenvalue weighted by atomic mass is 35.5. The van der Waals surface area contributed by atoms with E-state index in [-0.39, 0.29) is 11.5 Å². The van der Waals surface area contributed by atoms with E-state index in [1.807, 2.05) is 48.5 Å². The lowest BCUT2D eigenvalue weighted by Crippen LogP contribution is -2.31. The lowest BCUT2D eigenvalue weighted by molar-refractivity contribution is -0.118. The minimum absolute atomic E-state index is 0.155. The van der Waals surface area contributed by atoms with Gasteiger partial charge in [0.05, 0.1) is 23.2 Å². The molecule has 1 heterocycles. The number of rotatable bonds is 10. The number of hydrogen-bond acceptors (Lipinski definition) is 6. The van der Waals surface area contributed by atoms with Gasteiger partial charge in [-0.05, 0) is 54.6 Å². The maximum absolute atomic E-state index is 13.5. The summed E-state index contributed by atoms with van der Waals surface area (Å²) in [5, 5.41) is 6.63. The van der Waals surface area contributed by atoms with Crippen LogP contribution in [0.1, 0.15) is 6.92 Å². The molecule has 0 atom stereocenters. The topological polar surface area (TPSA) is 94.5 Å². The number of halogens is 1. The molecule has 4 rings (SSSR count). The fraction of sp³-hybridized carbons (Fsp3) is 0.222. The molecule has 0 aliphatic rings. The van der Waals surface area contributed by atoms with Crippen LogP contribution in [-0.2, 0) is 11.3 Å². The molecule has 1 amide bonds. The van der Waals surface area contributed by atoms with Gasteiger partial charge >= 0.3 is 0 Å². The van der Waals surface area contributed by atoms with Gasteiger partial charge in [0.1, 0.15) is 23.8 Å². The van der Waals surface area contributed by atoms with Crippen molar-refractivity contribution in [3.63, 3.8) is 0 Å². The first-order valence-electron chi connectivity index (χ1n) is 11.5. The molecule has 2 N–H and O–H groups in total. The third-order valence-electron chi connectivity index (χ3n) is 5.54. The number of nitrogens with zero attached hydrogens (tertiary/aromatic N) is 2. The smallest absolute Gasteiger partial charge is 0.277 e. The van der Waals surface area contributed by atoms with E-state index in [0.29, 0.717) is 65.1 Å². The summed E-state index contributed by atoms with van der Waals surface area (Å²) in [5.41, 5.74) is 2.94. The van der Waals surface area contributed by atoms with Gasteiger partial charge in [0.2, 0.25) is 5.91 Å². The van der Waals surface area contributed by atoms with E-state index in [4.69, 9.17) is 21.1 Å². The Hall–Kier alpha value is -4.04. The number of ether oxygens (including phenoxy) is 2. The van der Waals surface area contributed by atoms with Gasteiger partial charge in [-0.2, -0.15) is 0 Å². The zero-order chi connectivity index (χ0) is 25.5. The average Bonchev–Trinajstić information content (AvgIpc) is 2.88. The molecule has 36 heavy (non-hydrogen) atoms. The van der Waals surface area contributed by atoms with E-state index in [0.717, 1.165) is 5.69 Å². The van der Waals surface area contributed by atoms with E-state index < -0.39 is 0 Å². The Labute approximate surface area is 213 Å². The van der Waals surface area contributed by atoms with Gasteiger partial charge in [-0.25, -0.2) is 4.98 Å². The minimum Gasteiger partial charge on any atom is -0.497 e. The maximum atomic E-state index is 13.5. The second kappa shape index (κ2) is 11.6. The molecule has 0 saturated heterocycles. The summed E-state index contributed by atoms with van der Waals surface area (Å²) in [6.45, 7) is 3.01. The molecule has 3 aromatic carbocycles. The second-order valence-electron chi connectivity index (χ2n) is 8.04. The highest BCUT2D eigenvalue weighted by Gasteiger charge is 2.14. The van der Waals surface area contributed by atoms with E-state index in [2.05, 4.69) is 15.6 Å². The Morgan fingerprint density at radius 1 is 1.06 bits per heavy atom. The Bertz CT molecular complexity index is 1420. The van der Waals surface area contributed by atoms with Crippen molar-refractivity contribution in [1.29, 1.82) is 0 Å². The molecular weight excluding hydrogens is 480 g/mol. The van der Waals surface area contributed by atoms with Gasteiger partial charge < -0.3 is 24.7 Å². The number of benzene rings is 3. The van der Waals surface area contributed by atoms with Crippen LogP contribution in [0, 0.1) is 0 Å². The van der Waals surface area contributed by atoms with Gasteiger partial charge in [-0.1, -0.05) is 23.7 Å². The number of methoxy groups -OCH3 is 1. The van der Waals surface area contributed by atoms with E-state index in [1.54, 1.807) is 29.9 Å². The molecule has 4 aromatic rings. The number of amides is 1. The highest BCUT2D eigenvalue weighted by molar-refractivity contribution is 6.32. The summed E-state index contributed by atoms with van der Waals surface area (Å²) in [6.07, 6.45) is 0. The molecule has 0 fully saturated rings. The first-order valence-corrected chi connectivity index (χ1v) is 11.9. The summed E-state index contributed by atoms with van der Waals surface area (Å²) >= 11 is 6.13. The Morgan fingerprint density at radius 2 is 1.83 bits per heavy atom. The van der Waals surface area contributed by atoms with Crippen molar-refractivity contribution in [3.05, 3.63) is 82.1 Å². The third kappa shape index (κ3) is 5.95. The van der Waals surface area contributed by atoms with Crippen molar-refractivity contribution in [2.75, 3.05) is 32.1 Å². The number of aromatic nitrogens is 2. The molecule has 0 saturated carbocycles. The molecule has 0 bridgehead atoms. The number of hydrogen-bond donors (Lipinski definition) is 2. The minimum atomic E-state index is -0.239. The molecule has 0 unspecified atom stereocenters. The molecule has 8 nitrogen and oxygen atoms in total. The molecular formula is C27H27ClN4O4. The third-order valence-corrected chi connectivity index (χ3v) is 5.86. The normalized spacial score (nSPS) is 10.8. The maximum Gasteiger partial charge on any atom is 0.277 e. The molecule has 0 aliphatic carbocycles. The molecule has 9 heteroatoms. The number of carbonyl (C=O) groups excluding carboxylic acids is 1. The van der Waals surface area contributed by atoms with Crippen LogP contribution in [-0.4, -0.2) is 42.3 Å². The quantitative estimate of drug-likeness (QED) is 0.310. The number of anilines is 1. The SMILES string of the molecule is COc1ccc(-c2nc3ccc(NCCOc4ccccc4Cl)cc3n(CCNC(C)=O)c2=O)cc1. The lowest BCUT2D eigenvalue weighted by Gasteiger charge is -2.15. The van der Waals surface area contributed by atoms with Crippen LogP contribution in [0.15, 0.2) is 71.5 Å². The monoisotopic (exact) mass is 506 g/mol. The summed E-state index contributed by atoms with van der Waals surface area (Å²) in [6, 6.07) is 20.2. The number of nitrogens with one attached hydrogen (secondary N) is 2. The Morgan fingerprint density at radius 3 is 2.56 bits per heavy atom. The fourth-order valence-electron chi connectivity index (χ4n) is 3.77. The molecule has 0 spiro atoms. The van der Waals surface area contributed by atoms with Crippen LogP contribution in [0.3, 0.4) is 0 Å². The first kappa shape index (κ1) is 25.1. The molecule has 186 valence electrons. The van der Waals surface area contributed by atoms with Gasteiger partial charge in [-0.15, -0.1) is 0 Å². The standard InChI is InChI=1S/C27H27ClN4O4/c1-18(33)29-13-15-32-24-17-20(30-14-16-36-25-6-4-3-5-22(25)28)9-12-23(24)31-26(27(32)34)19-7-10-21(35-2)11-8-19/h3-12,17,30H,13-16H2,1-2H3,(H,29,33). The number of para-hydroxylation sites is 1. The van der Waals surface area contributed by atoms with Crippen molar-refractivity contribution in [2.24, 2.45) is 0 Å². The summed E-state index contributed by atoms with van der Waals surface area (Å²) in [7, 11) is 1.59. The molecule has 0 radical (unpaired) electrons. The summed E-state index contributed by atoms with van der Waals surface area (Å²) in [5.74, 6) is 1.17. The fourth-order valence-corrected chi connectivity index (χ4v) is 3.96. The summed E-state index contributed by atoms with van der Waals surface area (Å²) < 4.78 is 12.6. The van der Waals surface area contributed by atoms with E-state index >= 15 is 0 Å². The van der Waals surface area contributed by atoms with Gasteiger partial charge in [-0.3, -0.25) is 9.59 Å². The number of fused-ring (bicyclic) bond motifs is 1. The van der Waals surface area contributed by atoms with Crippen molar-refractivity contribution in [3.8, 4) is 22.8 Å². The average molecular weight is 507 g/mol. The Balaban J connectivity index is 1.60. The van der Waals surface area contributed by atoms with E-state index in [1.165, 1.54) is 6.92 Å². The largest absolute Gasteiger partial charge is 0.497 e. The Kier molecular flexibility index (Phi) is 8.07. The van der Waals surface area contributed by atoms with Crippen LogP contribution in [0.2, 0.25) is 5.02 Å². The number of carbonyl (C=O) groups is 1. The van der Waals surface area contributed by atoms with Crippen LogP contribution in [0.4, 0.5) is 5.69 Å². The van der Waals surface area contributed by atoms with Crippen LogP contribution >= 0.6 is 11.6 Å². The first-order chi connectivity index (χ1) is 17.5. The van der Waals surface area contributed by atoms with E-state index in [9.17, 15) is 9.59 Å². The van der Waals surface area contributed by atoms with Crippen molar-refractivity contribution in [2.45, 2.75) is 13.5 Å². The van der Waals surface area contributed by atoms with Gasteiger partial charge in [0.25, 0.3) is 5.56 Å². The molecule has 0 aliphatic heterocycles. The zero-order valence-corrected chi connectivity index (χ0v) is 20.8. The van der Waals surface area contributed by atoms with Crippen LogP contribution in [0.25, 0.3) is 22.3 Å². The van der Waals surface area contributed by atoms with Crippen LogP contribution in [0.5, 0.6) is 11.5 Å². The zero-order valence-electron chi connectivity index (χ0n) is 20.1. The van der Waals surface area contributed by atoms with Crippen molar-refractivity contribution < 1.29 is 14.3 Å². The summed E-state index contributed by atoms with van der Waals surface area (Å²) in [4.78, 5) is 29.5. The second-order valence-corrected chi connectivity index (χ2v) is 8.45.